The Kier molecular flexibility index (Phi) is 5.65. The van der Waals surface area contributed by atoms with Crippen LogP contribution < -0.4 is 10.1 Å². The van der Waals surface area contributed by atoms with Crippen molar-refractivity contribution in [3.63, 3.8) is 0 Å². The molecule has 1 rings (SSSR count). The number of nitro benzene ring substituents is 1. The summed E-state index contributed by atoms with van der Waals surface area (Å²) in [6.45, 7) is 3.30. The lowest BCUT2D eigenvalue weighted by Crippen LogP contribution is -2.39. The SMILES string of the molecule is CCOC(=O)C(C)NC(=O)c1cc([N+](=O)[O-])ccc1OC. The van der Waals surface area contributed by atoms with Gasteiger partial charge in [-0.2, -0.15) is 0 Å². The summed E-state index contributed by atoms with van der Waals surface area (Å²) in [4.78, 5) is 33.7. The number of hydrogen-bond acceptors (Lipinski definition) is 6. The molecule has 0 fully saturated rings. The van der Waals surface area contributed by atoms with Gasteiger partial charge < -0.3 is 14.8 Å². The first-order valence-electron chi connectivity index (χ1n) is 6.20. The molecule has 0 aliphatic heterocycles. The van der Waals surface area contributed by atoms with E-state index in [0.29, 0.717) is 0 Å². The lowest BCUT2D eigenvalue weighted by Gasteiger charge is -2.14. The summed E-state index contributed by atoms with van der Waals surface area (Å²) in [5.74, 6) is -1.07. The number of nitro groups is 1. The van der Waals surface area contributed by atoms with E-state index in [4.69, 9.17) is 9.47 Å². The van der Waals surface area contributed by atoms with E-state index in [1.54, 1.807) is 6.92 Å². The van der Waals surface area contributed by atoms with E-state index in [0.717, 1.165) is 6.07 Å². The number of carbonyl (C=O) groups excluding carboxylic acids is 2. The number of methoxy groups -OCH3 is 1. The van der Waals surface area contributed by atoms with Crippen LogP contribution in [0.4, 0.5) is 5.69 Å². The maximum Gasteiger partial charge on any atom is 0.328 e. The average Bonchev–Trinajstić information content (AvgIpc) is 2.46. The molecule has 1 atom stereocenters. The van der Waals surface area contributed by atoms with Crippen molar-refractivity contribution >= 4 is 17.6 Å². The molecule has 0 heterocycles. The highest BCUT2D eigenvalue weighted by molar-refractivity contribution is 5.99. The van der Waals surface area contributed by atoms with E-state index in [1.807, 2.05) is 0 Å². The van der Waals surface area contributed by atoms with Gasteiger partial charge in [-0.1, -0.05) is 0 Å². The van der Waals surface area contributed by atoms with E-state index in [9.17, 15) is 19.7 Å². The summed E-state index contributed by atoms with van der Waals surface area (Å²) in [5, 5.41) is 13.2. The third kappa shape index (κ3) is 4.16. The summed E-state index contributed by atoms with van der Waals surface area (Å²) in [6, 6.07) is 2.76. The van der Waals surface area contributed by atoms with Gasteiger partial charge in [-0.25, -0.2) is 4.79 Å². The zero-order valence-electron chi connectivity index (χ0n) is 11.9. The third-order valence-electron chi connectivity index (χ3n) is 2.63. The number of esters is 1. The maximum absolute atomic E-state index is 12.1. The molecule has 114 valence electrons. The van der Waals surface area contributed by atoms with Crippen molar-refractivity contribution in [3.8, 4) is 5.75 Å². The first kappa shape index (κ1) is 16.4. The van der Waals surface area contributed by atoms with Crippen LogP contribution in [0.15, 0.2) is 18.2 Å². The normalized spacial score (nSPS) is 11.4. The van der Waals surface area contributed by atoms with Crippen molar-refractivity contribution in [2.24, 2.45) is 0 Å². The predicted octanol–water partition coefficient (Wildman–Crippen LogP) is 1.28. The second-order valence-electron chi connectivity index (χ2n) is 4.09. The van der Waals surface area contributed by atoms with Gasteiger partial charge in [0.05, 0.1) is 24.2 Å². The van der Waals surface area contributed by atoms with Gasteiger partial charge in [0.2, 0.25) is 0 Å². The molecule has 0 aromatic heterocycles. The molecule has 0 aliphatic rings. The lowest BCUT2D eigenvalue weighted by molar-refractivity contribution is -0.384. The highest BCUT2D eigenvalue weighted by Gasteiger charge is 2.22. The van der Waals surface area contributed by atoms with Crippen LogP contribution in [0.2, 0.25) is 0 Å². The molecule has 8 nitrogen and oxygen atoms in total. The molecule has 8 heteroatoms. The number of hydrogen-bond donors (Lipinski definition) is 1. The van der Waals surface area contributed by atoms with Gasteiger partial charge in [-0.3, -0.25) is 14.9 Å². The number of rotatable bonds is 6. The summed E-state index contributed by atoms with van der Waals surface area (Å²) >= 11 is 0. The average molecular weight is 296 g/mol. The largest absolute Gasteiger partial charge is 0.496 e. The highest BCUT2D eigenvalue weighted by atomic mass is 16.6. The molecule has 1 N–H and O–H groups in total. The summed E-state index contributed by atoms with van der Waals surface area (Å²) in [6.07, 6.45) is 0. The zero-order valence-corrected chi connectivity index (χ0v) is 11.9. The summed E-state index contributed by atoms with van der Waals surface area (Å²) in [5.41, 5.74) is -0.271. The van der Waals surface area contributed by atoms with Gasteiger partial charge in [0.25, 0.3) is 11.6 Å². The number of amides is 1. The van der Waals surface area contributed by atoms with Crippen LogP contribution in [0.25, 0.3) is 0 Å². The topological polar surface area (TPSA) is 108 Å². The number of non-ortho nitro benzene ring substituents is 1. The number of carbonyl (C=O) groups is 2. The van der Waals surface area contributed by atoms with Crippen LogP contribution in [0.1, 0.15) is 24.2 Å². The Morgan fingerprint density at radius 3 is 2.62 bits per heavy atom. The molecule has 0 radical (unpaired) electrons. The molecule has 0 saturated heterocycles. The second kappa shape index (κ2) is 7.22. The number of nitrogens with one attached hydrogen (secondary N) is 1. The Bertz CT molecular complexity index is 558. The maximum atomic E-state index is 12.1. The Hall–Kier alpha value is -2.64. The van der Waals surface area contributed by atoms with E-state index in [2.05, 4.69) is 5.32 Å². The van der Waals surface area contributed by atoms with E-state index >= 15 is 0 Å². The minimum absolute atomic E-state index is 0.0251. The van der Waals surface area contributed by atoms with Gasteiger partial charge in [-0.05, 0) is 19.9 Å². The van der Waals surface area contributed by atoms with E-state index < -0.39 is 22.8 Å². The number of ether oxygens (including phenoxy) is 2. The molecule has 0 spiro atoms. The quantitative estimate of drug-likeness (QED) is 0.481. The molecule has 0 aliphatic carbocycles. The van der Waals surface area contributed by atoms with Crippen molar-refractivity contribution < 1.29 is 24.0 Å². The highest BCUT2D eigenvalue weighted by Crippen LogP contribution is 2.23. The monoisotopic (exact) mass is 296 g/mol. The van der Waals surface area contributed by atoms with Crippen molar-refractivity contribution in [1.82, 2.24) is 5.32 Å². The van der Waals surface area contributed by atoms with Crippen LogP contribution in [0.3, 0.4) is 0 Å². The van der Waals surface area contributed by atoms with Gasteiger partial charge in [0.1, 0.15) is 11.8 Å². The molecule has 0 bridgehead atoms. The third-order valence-corrected chi connectivity index (χ3v) is 2.63. The molecule has 0 saturated carbocycles. The summed E-state index contributed by atoms with van der Waals surface area (Å²) in [7, 11) is 1.34. The predicted molar refractivity (Wildman–Crippen MR) is 73.2 cm³/mol. The lowest BCUT2D eigenvalue weighted by atomic mass is 10.1. The fraction of sp³-hybridized carbons (Fsp3) is 0.385. The molecule has 1 unspecified atom stereocenters. The first-order valence-corrected chi connectivity index (χ1v) is 6.20. The van der Waals surface area contributed by atoms with Gasteiger partial charge >= 0.3 is 5.97 Å². The van der Waals surface area contributed by atoms with E-state index in [1.165, 1.54) is 26.2 Å². The standard InChI is InChI=1S/C13H16N2O6/c1-4-21-13(17)8(2)14-12(16)10-7-9(15(18)19)5-6-11(10)20-3/h5-8H,4H2,1-3H3,(H,14,16). The minimum atomic E-state index is -0.874. The Morgan fingerprint density at radius 2 is 2.10 bits per heavy atom. The van der Waals surface area contributed by atoms with Crippen molar-refractivity contribution in [3.05, 3.63) is 33.9 Å². The summed E-state index contributed by atoms with van der Waals surface area (Å²) < 4.78 is 9.76. The minimum Gasteiger partial charge on any atom is -0.496 e. The number of benzene rings is 1. The molecule has 21 heavy (non-hydrogen) atoms. The smallest absolute Gasteiger partial charge is 0.328 e. The molecule has 1 aromatic rings. The van der Waals surface area contributed by atoms with Crippen LogP contribution in [0, 0.1) is 10.1 Å². The Balaban J connectivity index is 2.97. The zero-order chi connectivity index (χ0) is 16.0. The molecular formula is C13H16N2O6. The van der Waals surface area contributed by atoms with Gasteiger partial charge in [-0.15, -0.1) is 0 Å². The van der Waals surface area contributed by atoms with Crippen LogP contribution in [-0.4, -0.2) is 36.6 Å². The Labute approximate surface area is 121 Å². The molecular weight excluding hydrogens is 280 g/mol. The second-order valence-corrected chi connectivity index (χ2v) is 4.09. The molecule has 1 aromatic carbocycles. The van der Waals surface area contributed by atoms with Crippen molar-refractivity contribution in [1.29, 1.82) is 0 Å². The van der Waals surface area contributed by atoms with Gasteiger partial charge in [0, 0.05) is 12.1 Å². The fourth-order valence-electron chi connectivity index (χ4n) is 1.59. The van der Waals surface area contributed by atoms with Crippen LogP contribution in [-0.2, 0) is 9.53 Å². The first-order chi connectivity index (χ1) is 9.90. The van der Waals surface area contributed by atoms with Crippen molar-refractivity contribution in [2.75, 3.05) is 13.7 Å². The van der Waals surface area contributed by atoms with Crippen LogP contribution >= 0.6 is 0 Å². The Morgan fingerprint density at radius 1 is 1.43 bits per heavy atom. The number of nitrogens with zero attached hydrogens (tertiary/aromatic N) is 1. The van der Waals surface area contributed by atoms with E-state index in [-0.39, 0.29) is 23.6 Å². The van der Waals surface area contributed by atoms with Crippen molar-refractivity contribution in [2.45, 2.75) is 19.9 Å². The molecule has 1 amide bonds. The van der Waals surface area contributed by atoms with Gasteiger partial charge in [0.15, 0.2) is 0 Å². The fourth-order valence-corrected chi connectivity index (χ4v) is 1.59. The van der Waals surface area contributed by atoms with Crippen LogP contribution in [0.5, 0.6) is 5.75 Å².